The Morgan fingerprint density at radius 1 is 0.329 bits per heavy atom. The molecular weight excluding hydrogens is 861 g/mol. The lowest BCUT2D eigenvalue weighted by molar-refractivity contribution is -0.163. The molecule has 1 unspecified atom stereocenters. The molecule has 0 aromatic carbocycles. The number of ether oxygens (including phenoxy) is 3. The van der Waals surface area contributed by atoms with Crippen LogP contribution in [-0.4, -0.2) is 37.9 Å². The molecule has 5 nitrogen and oxygen atoms in total. The minimum absolute atomic E-state index is 0.0691. The van der Waals surface area contributed by atoms with E-state index in [1.807, 2.05) is 0 Å². The number of carbonyl (C=O) groups excluding carboxylic acids is 2. The fourth-order valence-corrected chi connectivity index (χ4v) is 8.22. The first-order valence-corrected chi connectivity index (χ1v) is 29.8. The summed E-state index contributed by atoms with van der Waals surface area (Å²) < 4.78 is 17.5. The minimum Gasteiger partial charge on any atom is -0.462 e. The Morgan fingerprint density at radius 2 is 0.643 bits per heavy atom. The van der Waals surface area contributed by atoms with Gasteiger partial charge in [-0.15, -0.1) is 0 Å². The van der Waals surface area contributed by atoms with E-state index in [1.165, 1.54) is 148 Å². The molecule has 402 valence electrons. The maximum Gasteiger partial charge on any atom is 0.306 e. The first kappa shape index (κ1) is 66.8. The van der Waals surface area contributed by atoms with Crippen LogP contribution in [0.4, 0.5) is 0 Å². The number of unbranched alkanes of at least 4 members (excludes halogenated alkanes) is 27. The molecule has 0 radical (unpaired) electrons. The summed E-state index contributed by atoms with van der Waals surface area (Å²) >= 11 is 0. The summed E-state index contributed by atoms with van der Waals surface area (Å²) in [6, 6.07) is 0. The molecule has 0 saturated heterocycles. The summed E-state index contributed by atoms with van der Waals surface area (Å²) in [5.41, 5.74) is 0. The van der Waals surface area contributed by atoms with Gasteiger partial charge in [-0.3, -0.25) is 9.59 Å². The van der Waals surface area contributed by atoms with Crippen molar-refractivity contribution >= 4 is 11.9 Å². The van der Waals surface area contributed by atoms with Gasteiger partial charge >= 0.3 is 11.9 Å². The topological polar surface area (TPSA) is 61.8 Å². The highest BCUT2D eigenvalue weighted by Crippen LogP contribution is 2.15. The Kier molecular flexibility index (Phi) is 57.4. The zero-order valence-corrected chi connectivity index (χ0v) is 46.3. The number of hydrogen-bond acceptors (Lipinski definition) is 5. The zero-order chi connectivity index (χ0) is 50.6. The van der Waals surface area contributed by atoms with Gasteiger partial charge in [0.05, 0.1) is 6.61 Å². The van der Waals surface area contributed by atoms with E-state index in [1.54, 1.807) is 0 Å². The Hall–Kier alpha value is -3.18. The lowest BCUT2D eigenvalue weighted by Crippen LogP contribution is -2.30. The molecule has 0 aliphatic carbocycles. The van der Waals surface area contributed by atoms with Gasteiger partial charge in [0.15, 0.2) is 6.10 Å². The largest absolute Gasteiger partial charge is 0.462 e. The maximum absolute atomic E-state index is 12.9. The van der Waals surface area contributed by atoms with E-state index in [0.29, 0.717) is 19.4 Å². The highest BCUT2D eigenvalue weighted by Gasteiger charge is 2.17. The molecule has 1 atom stereocenters. The second-order valence-corrected chi connectivity index (χ2v) is 19.5. The maximum atomic E-state index is 12.9. The molecule has 0 N–H and O–H groups in total. The van der Waals surface area contributed by atoms with Gasteiger partial charge in [-0.1, -0.05) is 246 Å². The Bertz CT molecular complexity index is 1330. The van der Waals surface area contributed by atoms with Crippen LogP contribution in [0.3, 0.4) is 0 Å². The van der Waals surface area contributed by atoms with E-state index >= 15 is 0 Å². The molecule has 0 fully saturated rings. The van der Waals surface area contributed by atoms with Gasteiger partial charge in [-0.05, 0) is 116 Å². The number of hydrogen-bond donors (Lipinski definition) is 0. The van der Waals surface area contributed by atoms with Crippen molar-refractivity contribution in [3.05, 3.63) is 97.2 Å². The number of carbonyl (C=O) groups is 2. The number of esters is 2. The van der Waals surface area contributed by atoms with Crippen LogP contribution in [0.25, 0.3) is 0 Å². The van der Waals surface area contributed by atoms with Gasteiger partial charge in [0, 0.05) is 19.4 Å². The third-order valence-corrected chi connectivity index (χ3v) is 12.6. The van der Waals surface area contributed by atoms with Gasteiger partial charge in [0.1, 0.15) is 6.61 Å². The summed E-state index contributed by atoms with van der Waals surface area (Å²) in [6.45, 7) is 7.58. The van der Waals surface area contributed by atoms with Crippen molar-refractivity contribution < 1.29 is 23.8 Å². The van der Waals surface area contributed by atoms with Gasteiger partial charge in [-0.25, -0.2) is 0 Å². The molecule has 0 spiro atoms. The fraction of sp³-hybridized carbons (Fsp3) is 0.723. The second-order valence-electron chi connectivity index (χ2n) is 19.5. The van der Waals surface area contributed by atoms with Crippen LogP contribution in [0.2, 0.25) is 0 Å². The van der Waals surface area contributed by atoms with Crippen molar-refractivity contribution in [2.45, 2.75) is 284 Å². The van der Waals surface area contributed by atoms with Crippen LogP contribution in [0.1, 0.15) is 278 Å². The van der Waals surface area contributed by atoms with Crippen molar-refractivity contribution in [3.63, 3.8) is 0 Å². The number of allylic oxidation sites excluding steroid dienone is 16. The van der Waals surface area contributed by atoms with Crippen molar-refractivity contribution in [1.82, 2.24) is 0 Å². The van der Waals surface area contributed by atoms with Crippen LogP contribution in [0, 0.1) is 0 Å². The second kappa shape index (κ2) is 60.1. The zero-order valence-electron chi connectivity index (χ0n) is 46.3. The first-order valence-electron chi connectivity index (χ1n) is 29.8. The molecule has 0 saturated carbocycles. The van der Waals surface area contributed by atoms with E-state index in [2.05, 4.69) is 118 Å². The standard InChI is InChI=1S/C65H112O5/c1-4-7-10-13-16-19-22-25-28-30-32-34-36-39-42-45-48-51-54-57-60-68-61-63(70-65(67)59-56-53-50-47-44-41-37-27-24-21-18-15-12-9-6-3)62-69-64(66)58-55-52-49-46-43-40-38-35-33-31-29-26-23-20-17-14-11-8-5-2/h7,9-10,12,16,18-19,21,25-29,32,34,37,63H,4-6,8,11,13-15,17,20,22-24,30-31,33,35-36,38-62H2,1-3H3/b10-7-,12-9-,19-16-,21-18-,28-25-,29-26-,34-32-,37-27-. The highest BCUT2D eigenvalue weighted by molar-refractivity contribution is 5.70. The molecule has 5 heteroatoms. The van der Waals surface area contributed by atoms with Crippen molar-refractivity contribution in [2.75, 3.05) is 19.8 Å². The molecular formula is C65H112O5. The Morgan fingerprint density at radius 3 is 1.04 bits per heavy atom. The molecule has 0 bridgehead atoms. The Balaban J connectivity index is 4.31. The quantitative estimate of drug-likeness (QED) is 0.0345. The summed E-state index contributed by atoms with van der Waals surface area (Å²) in [4.78, 5) is 25.6. The summed E-state index contributed by atoms with van der Waals surface area (Å²) in [7, 11) is 0. The highest BCUT2D eigenvalue weighted by atomic mass is 16.6. The predicted octanol–water partition coefficient (Wildman–Crippen LogP) is 20.6. The molecule has 0 amide bonds. The van der Waals surface area contributed by atoms with E-state index in [0.717, 1.165) is 96.3 Å². The minimum atomic E-state index is -0.558. The lowest BCUT2D eigenvalue weighted by Gasteiger charge is -2.18. The molecule has 0 heterocycles. The lowest BCUT2D eigenvalue weighted by atomic mass is 10.1. The van der Waals surface area contributed by atoms with Crippen LogP contribution < -0.4 is 0 Å². The van der Waals surface area contributed by atoms with Gasteiger partial charge < -0.3 is 14.2 Å². The Labute approximate surface area is 434 Å². The normalized spacial score (nSPS) is 12.9. The smallest absolute Gasteiger partial charge is 0.306 e. The SMILES string of the molecule is CC/C=C\C/C=C\C/C=C\C/C=C\CCCCCCCCCOCC(COC(=O)CCCCCCCCCCC/C=C\CCCCCCCC)OC(=O)CCCCCCC/C=C\C/C=C\C/C=C\CC. The summed E-state index contributed by atoms with van der Waals surface area (Å²) in [5.74, 6) is -0.421. The third-order valence-electron chi connectivity index (χ3n) is 12.6. The fourth-order valence-electron chi connectivity index (χ4n) is 8.22. The summed E-state index contributed by atoms with van der Waals surface area (Å²) in [5, 5.41) is 0. The molecule has 0 aliphatic heterocycles. The van der Waals surface area contributed by atoms with Crippen LogP contribution in [0.15, 0.2) is 97.2 Å². The van der Waals surface area contributed by atoms with Gasteiger partial charge in [0.2, 0.25) is 0 Å². The average molecular weight is 974 g/mol. The van der Waals surface area contributed by atoms with Crippen LogP contribution in [0.5, 0.6) is 0 Å². The van der Waals surface area contributed by atoms with E-state index in [9.17, 15) is 9.59 Å². The molecule has 0 aromatic rings. The first-order chi connectivity index (χ1) is 34.6. The molecule has 0 aliphatic rings. The monoisotopic (exact) mass is 973 g/mol. The van der Waals surface area contributed by atoms with Crippen LogP contribution >= 0.6 is 0 Å². The summed E-state index contributed by atoms with van der Waals surface area (Å²) in [6.07, 6.45) is 81.5. The molecule has 0 aromatic heterocycles. The predicted molar refractivity (Wildman–Crippen MR) is 306 cm³/mol. The van der Waals surface area contributed by atoms with Gasteiger partial charge in [-0.2, -0.15) is 0 Å². The molecule has 0 rings (SSSR count). The van der Waals surface area contributed by atoms with E-state index in [-0.39, 0.29) is 25.2 Å². The van der Waals surface area contributed by atoms with Crippen molar-refractivity contribution in [3.8, 4) is 0 Å². The van der Waals surface area contributed by atoms with E-state index in [4.69, 9.17) is 14.2 Å². The van der Waals surface area contributed by atoms with Gasteiger partial charge in [0.25, 0.3) is 0 Å². The van der Waals surface area contributed by atoms with Crippen LogP contribution in [-0.2, 0) is 23.8 Å². The van der Waals surface area contributed by atoms with Crippen molar-refractivity contribution in [2.24, 2.45) is 0 Å². The van der Waals surface area contributed by atoms with Crippen molar-refractivity contribution in [1.29, 1.82) is 0 Å². The molecule has 70 heavy (non-hydrogen) atoms. The number of rotatable bonds is 54. The van der Waals surface area contributed by atoms with E-state index < -0.39 is 6.10 Å². The average Bonchev–Trinajstić information content (AvgIpc) is 3.36. The third kappa shape index (κ3) is 57.4.